The molecule has 0 unspecified atom stereocenters. The normalized spacial score (nSPS) is 11.1. The highest BCUT2D eigenvalue weighted by atomic mass is 32.2. The number of carbonyl (C=O) groups excluding carboxylic acids is 1. The van der Waals surface area contributed by atoms with Crippen LogP contribution in [0.3, 0.4) is 0 Å². The van der Waals surface area contributed by atoms with Gasteiger partial charge in [-0.2, -0.15) is 14.0 Å². The quantitative estimate of drug-likeness (QED) is 0.466. The monoisotopic (exact) mass is 360 g/mol. The summed E-state index contributed by atoms with van der Waals surface area (Å²) in [5, 5.41) is 11.8. The van der Waals surface area contributed by atoms with Crippen molar-refractivity contribution in [2.45, 2.75) is 10.7 Å². The van der Waals surface area contributed by atoms with Crippen molar-refractivity contribution in [1.29, 1.82) is 5.26 Å². The van der Waals surface area contributed by atoms with Gasteiger partial charge in [-0.05, 0) is 48.0 Å². The van der Waals surface area contributed by atoms with Crippen LogP contribution in [0.25, 0.3) is 6.08 Å². The zero-order valence-corrected chi connectivity index (χ0v) is 14.0. The second-order valence-corrected chi connectivity index (χ2v) is 5.86. The van der Waals surface area contributed by atoms with Gasteiger partial charge in [0.2, 0.25) is 0 Å². The first kappa shape index (κ1) is 18.5. The molecule has 0 saturated heterocycles. The molecular formula is C18H14F2N2O2S. The number of ether oxygens (including phenoxy) is 1. The molecule has 0 fully saturated rings. The lowest BCUT2D eigenvalue weighted by atomic mass is 10.1. The van der Waals surface area contributed by atoms with Crippen LogP contribution in [0.5, 0.6) is 5.75 Å². The molecule has 25 heavy (non-hydrogen) atoms. The molecule has 128 valence electrons. The lowest BCUT2D eigenvalue weighted by molar-refractivity contribution is -0.112. The average molecular weight is 360 g/mol. The number of carbonyl (C=O) groups is 1. The fraction of sp³-hybridized carbons (Fsp3) is 0.111. The van der Waals surface area contributed by atoms with Gasteiger partial charge in [-0.15, -0.1) is 0 Å². The topological polar surface area (TPSA) is 62.1 Å². The van der Waals surface area contributed by atoms with E-state index in [0.29, 0.717) is 33.7 Å². The van der Waals surface area contributed by atoms with Crippen LogP contribution in [-0.2, 0) is 4.79 Å². The molecule has 0 bridgehead atoms. The van der Waals surface area contributed by atoms with E-state index in [1.165, 1.54) is 30.3 Å². The van der Waals surface area contributed by atoms with Crippen molar-refractivity contribution >= 4 is 29.4 Å². The van der Waals surface area contributed by atoms with Gasteiger partial charge in [0.05, 0.1) is 7.11 Å². The first-order valence-electron chi connectivity index (χ1n) is 7.14. The van der Waals surface area contributed by atoms with Gasteiger partial charge in [-0.3, -0.25) is 4.79 Å². The Hall–Kier alpha value is -2.85. The highest BCUT2D eigenvalue weighted by Gasteiger charge is 2.10. The molecule has 1 amide bonds. The van der Waals surface area contributed by atoms with E-state index in [2.05, 4.69) is 5.32 Å². The Kier molecular flexibility index (Phi) is 6.54. The van der Waals surface area contributed by atoms with Crippen LogP contribution in [0.15, 0.2) is 59.0 Å². The van der Waals surface area contributed by atoms with Crippen LogP contribution in [-0.4, -0.2) is 18.8 Å². The molecule has 0 radical (unpaired) electrons. The van der Waals surface area contributed by atoms with Crippen molar-refractivity contribution in [2.75, 3.05) is 12.4 Å². The fourth-order valence-corrected chi connectivity index (χ4v) is 2.43. The molecular weight excluding hydrogens is 346 g/mol. The second kappa shape index (κ2) is 8.85. The van der Waals surface area contributed by atoms with Gasteiger partial charge < -0.3 is 10.1 Å². The summed E-state index contributed by atoms with van der Waals surface area (Å²) < 4.78 is 29.6. The van der Waals surface area contributed by atoms with Crippen LogP contribution in [0.2, 0.25) is 0 Å². The van der Waals surface area contributed by atoms with Crippen molar-refractivity contribution in [3.05, 3.63) is 59.7 Å². The molecule has 4 nitrogen and oxygen atoms in total. The predicted octanol–water partition coefficient (Wildman–Crippen LogP) is 4.56. The summed E-state index contributed by atoms with van der Waals surface area (Å²) >= 11 is 0.422. The van der Waals surface area contributed by atoms with E-state index in [9.17, 15) is 18.8 Å². The number of nitrogens with one attached hydrogen (secondary N) is 1. The number of rotatable bonds is 6. The van der Waals surface area contributed by atoms with Gasteiger partial charge in [-0.1, -0.05) is 23.9 Å². The number of hydrogen-bond acceptors (Lipinski definition) is 4. The Labute approximate surface area is 148 Å². The molecule has 0 heterocycles. The minimum atomic E-state index is -2.50. The van der Waals surface area contributed by atoms with E-state index in [4.69, 9.17) is 4.74 Å². The van der Waals surface area contributed by atoms with Crippen LogP contribution in [0.4, 0.5) is 14.5 Å². The van der Waals surface area contributed by atoms with Gasteiger partial charge in [-0.25, -0.2) is 0 Å². The Balaban J connectivity index is 2.08. The van der Waals surface area contributed by atoms with E-state index in [1.807, 2.05) is 6.07 Å². The summed E-state index contributed by atoms with van der Waals surface area (Å²) in [6.07, 6.45) is 1.45. The molecule has 0 atom stereocenters. The zero-order chi connectivity index (χ0) is 18.2. The van der Waals surface area contributed by atoms with Crippen molar-refractivity contribution in [1.82, 2.24) is 0 Å². The molecule has 0 aliphatic carbocycles. The first-order chi connectivity index (χ1) is 12.0. The average Bonchev–Trinajstić information content (AvgIpc) is 2.61. The molecule has 7 heteroatoms. The third kappa shape index (κ3) is 5.62. The van der Waals surface area contributed by atoms with E-state index in [-0.39, 0.29) is 5.57 Å². The molecule has 1 N–H and O–H groups in total. The van der Waals surface area contributed by atoms with Gasteiger partial charge in [0, 0.05) is 10.6 Å². The van der Waals surface area contributed by atoms with Crippen molar-refractivity contribution in [2.24, 2.45) is 0 Å². The highest BCUT2D eigenvalue weighted by molar-refractivity contribution is 7.99. The summed E-state index contributed by atoms with van der Waals surface area (Å²) in [6.45, 7) is 0. The fourth-order valence-electron chi connectivity index (χ4n) is 1.93. The van der Waals surface area contributed by atoms with E-state index in [1.54, 1.807) is 31.4 Å². The number of alkyl halides is 2. The summed E-state index contributed by atoms with van der Waals surface area (Å²) in [6, 6.07) is 14.7. The summed E-state index contributed by atoms with van der Waals surface area (Å²) in [5.41, 5.74) is 1.02. The summed E-state index contributed by atoms with van der Waals surface area (Å²) in [7, 11) is 1.55. The number of anilines is 1. The molecule has 0 aliphatic heterocycles. The third-order valence-corrected chi connectivity index (χ3v) is 3.85. The molecule has 0 spiro atoms. The largest absolute Gasteiger partial charge is 0.497 e. The third-order valence-electron chi connectivity index (χ3n) is 3.13. The highest BCUT2D eigenvalue weighted by Crippen LogP contribution is 2.26. The Morgan fingerprint density at radius 2 is 1.84 bits per heavy atom. The van der Waals surface area contributed by atoms with Gasteiger partial charge in [0.15, 0.2) is 0 Å². The standard InChI is InChI=1S/C18H14F2N2O2S/c1-24-15-6-2-12(3-7-15)10-13(11-21)17(23)22-14-4-8-16(9-5-14)25-18(19)20/h2-10,18H,1H3,(H,22,23)/b13-10-. The second-order valence-electron chi connectivity index (χ2n) is 4.80. The maximum atomic E-state index is 12.3. The molecule has 2 rings (SSSR count). The molecule has 2 aromatic rings. The zero-order valence-electron chi connectivity index (χ0n) is 13.2. The number of nitriles is 1. The van der Waals surface area contributed by atoms with Gasteiger partial charge in [0.25, 0.3) is 11.7 Å². The van der Waals surface area contributed by atoms with Crippen molar-refractivity contribution in [3.8, 4) is 11.8 Å². The number of halogens is 2. The van der Waals surface area contributed by atoms with Gasteiger partial charge >= 0.3 is 0 Å². The summed E-state index contributed by atoms with van der Waals surface area (Å²) in [4.78, 5) is 12.6. The molecule has 2 aromatic carbocycles. The first-order valence-corrected chi connectivity index (χ1v) is 8.02. The predicted molar refractivity (Wildman–Crippen MR) is 93.5 cm³/mol. The minimum absolute atomic E-state index is 0.0730. The number of methoxy groups -OCH3 is 1. The van der Waals surface area contributed by atoms with Crippen LogP contribution >= 0.6 is 11.8 Å². The van der Waals surface area contributed by atoms with E-state index >= 15 is 0 Å². The number of amides is 1. The molecule has 0 aliphatic rings. The smallest absolute Gasteiger partial charge is 0.288 e. The lowest BCUT2D eigenvalue weighted by Gasteiger charge is -2.06. The number of benzene rings is 2. The summed E-state index contributed by atoms with van der Waals surface area (Å²) in [5.74, 6) is -2.41. The Morgan fingerprint density at radius 1 is 1.20 bits per heavy atom. The van der Waals surface area contributed by atoms with Crippen LogP contribution in [0, 0.1) is 11.3 Å². The molecule has 0 aromatic heterocycles. The van der Waals surface area contributed by atoms with Crippen molar-refractivity contribution < 1.29 is 18.3 Å². The Bertz CT molecular complexity index is 797. The van der Waals surface area contributed by atoms with E-state index < -0.39 is 11.7 Å². The number of hydrogen-bond donors (Lipinski definition) is 1. The maximum Gasteiger partial charge on any atom is 0.288 e. The van der Waals surface area contributed by atoms with Crippen LogP contribution in [0.1, 0.15) is 5.56 Å². The van der Waals surface area contributed by atoms with Gasteiger partial charge in [0.1, 0.15) is 17.4 Å². The van der Waals surface area contributed by atoms with Crippen LogP contribution < -0.4 is 10.1 Å². The van der Waals surface area contributed by atoms with E-state index in [0.717, 1.165) is 0 Å². The lowest BCUT2D eigenvalue weighted by Crippen LogP contribution is -2.13. The number of nitrogens with zero attached hydrogens (tertiary/aromatic N) is 1. The SMILES string of the molecule is COc1ccc(/C=C(/C#N)C(=O)Nc2ccc(SC(F)F)cc2)cc1. The maximum absolute atomic E-state index is 12.3. The number of thioether (sulfide) groups is 1. The minimum Gasteiger partial charge on any atom is -0.497 e. The molecule has 0 saturated carbocycles. The Morgan fingerprint density at radius 3 is 2.36 bits per heavy atom. The van der Waals surface area contributed by atoms with Crippen molar-refractivity contribution in [3.63, 3.8) is 0 Å².